The summed E-state index contributed by atoms with van der Waals surface area (Å²) in [4.78, 5) is 22.9. The third kappa shape index (κ3) is 5.27. The number of carbonyl (C=O) groups is 1. The Morgan fingerprint density at radius 3 is 2.58 bits per heavy atom. The van der Waals surface area contributed by atoms with Crippen molar-refractivity contribution in [2.45, 2.75) is 32.2 Å². The molecule has 9 heteroatoms. The number of nitrogens with zero attached hydrogens (tertiary/aromatic N) is 3. The van der Waals surface area contributed by atoms with Gasteiger partial charge in [0.15, 0.2) is 0 Å². The molecule has 142 valence electrons. The lowest BCUT2D eigenvalue weighted by Crippen LogP contribution is -2.40. The largest absolute Gasteiger partial charge is 0.348 e. The summed E-state index contributed by atoms with van der Waals surface area (Å²) in [7, 11) is 1.73. The number of benzene rings is 1. The summed E-state index contributed by atoms with van der Waals surface area (Å²) in [6, 6.07) is 5.90. The lowest BCUT2D eigenvalue weighted by molar-refractivity contribution is -0.384. The van der Waals surface area contributed by atoms with Crippen molar-refractivity contribution in [2.75, 3.05) is 6.54 Å². The fourth-order valence-electron chi connectivity index (χ4n) is 2.57. The van der Waals surface area contributed by atoms with E-state index < -0.39 is 4.92 Å². The number of aryl methyl sites for hydroxylation is 1. The first-order valence-electron chi connectivity index (χ1n) is 8.25. The molecule has 0 fully saturated rings. The number of rotatable bonds is 8. The van der Waals surface area contributed by atoms with Gasteiger partial charge >= 0.3 is 0 Å². The predicted octanol–water partition coefficient (Wildman–Crippen LogP) is 2.66. The van der Waals surface area contributed by atoms with E-state index in [9.17, 15) is 14.9 Å². The zero-order chi connectivity index (χ0) is 18.4. The van der Waals surface area contributed by atoms with Gasteiger partial charge in [-0.3, -0.25) is 19.6 Å². The number of hydrogen-bond acceptors (Lipinski definition) is 5. The summed E-state index contributed by atoms with van der Waals surface area (Å²) in [5.41, 5.74) is 7.29. The molecule has 0 saturated heterocycles. The monoisotopic (exact) mass is 381 g/mol. The molecule has 0 aliphatic heterocycles. The van der Waals surface area contributed by atoms with E-state index in [1.807, 2.05) is 0 Å². The Morgan fingerprint density at radius 2 is 2.04 bits per heavy atom. The van der Waals surface area contributed by atoms with Gasteiger partial charge in [-0.15, -0.1) is 12.4 Å². The highest BCUT2D eigenvalue weighted by Crippen LogP contribution is 2.24. The SMILES string of the molecule is CCCCC(CN)NC(=O)c1cn(C)nc1-c1ccc([N+](=O)[O-])cc1.Cl. The number of non-ortho nitro benzene ring substituents is 1. The molecule has 1 unspecified atom stereocenters. The lowest BCUT2D eigenvalue weighted by atomic mass is 10.1. The van der Waals surface area contributed by atoms with E-state index in [1.54, 1.807) is 30.1 Å². The van der Waals surface area contributed by atoms with Crippen LogP contribution in [0.4, 0.5) is 5.69 Å². The van der Waals surface area contributed by atoms with E-state index in [0.29, 0.717) is 23.4 Å². The van der Waals surface area contributed by atoms with Crippen molar-refractivity contribution in [2.24, 2.45) is 12.8 Å². The molecule has 0 aliphatic rings. The van der Waals surface area contributed by atoms with Crippen LogP contribution in [0.5, 0.6) is 0 Å². The molecule has 1 amide bonds. The molecule has 26 heavy (non-hydrogen) atoms. The van der Waals surface area contributed by atoms with Crippen LogP contribution in [0.1, 0.15) is 36.5 Å². The zero-order valence-electron chi connectivity index (χ0n) is 14.8. The number of unbranched alkanes of at least 4 members (excludes halogenated alkanes) is 1. The lowest BCUT2D eigenvalue weighted by Gasteiger charge is -2.16. The van der Waals surface area contributed by atoms with Crippen LogP contribution >= 0.6 is 12.4 Å². The third-order valence-electron chi connectivity index (χ3n) is 3.95. The molecule has 0 spiro atoms. The maximum atomic E-state index is 12.6. The van der Waals surface area contributed by atoms with Crippen molar-refractivity contribution in [3.8, 4) is 11.3 Å². The Morgan fingerprint density at radius 1 is 1.38 bits per heavy atom. The van der Waals surface area contributed by atoms with Crippen molar-refractivity contribution in [3.63, 3.8) is 0 Å². The fraction of sp³-hybridized carbons (Fsp3) is 0.412. The van der Waals surface area contributed by atoms with Gasteiger partial charge in [-0.2, -0.15) is 5.10 Å². The van der Waals surface area contributed by atoms with Crippen LogP contribution in [0.15, 0.2) is 30.5 Å². The summed E-state index contributed by atoms with van der Waals surface area (Å²) < 4.78 is 1.55. The fourth-order valence-corrected chi connectivity index (χ4v) is 2.57. The number of nitro groups is 1. The van der Waals surface area contributed by atoms with Gasteiger partial charge in [-0.1, -0.05) is 19.8 Å². The minimum atomic E-state index is -0.463. The van der Waals surface area contributed by atoms with Gasteiger partial charge in [0.1, 0.15) is 5.69 Å². The predicted molar refractivity (Wildman–Crippen MR) is 102 cm³/mol. The van der Waals surface area contributed by atoms with E-state index in [0.717, 1.165) is 19.3 Å². The summed E-state index contributed by atoms with van der Waals surface area (Å²) in [5, 5.41) is 18.1. The highest BCUT2D eigenvalue weighted by Gasteiger charge is 2.20. The molecule has 0 bridgehead atoms. The molecule has 1 heterocycles. The smallest absolute Gasteiger partial charge is 0.269 e. The molecule has 2 aromatic rings. The summed E-state index contributed by atoms with van der Waals surface area (Å²) in [5.74, 6) is -0.243. The Bertz CT molecular complexity index is 745. The molecule has 0 radical (unpaired) electrons. The Hall–Kier alpha value is -2.45. The molecular weight excluding hydrogens is 358 g/mol. The first-order valence-corrected chi connectivity index (χ1v) is 8.25. The second-order valence-electron chi connectivity index (χ2n) is 5.92. The van der Waals surface area contributed by atoms with E-state index in [-0.39, 0.29) is 30.0 Å². The Balaban J connectivity index is 0.00000338. The van der Waals surface area contributed by atoms with Crippen molar-refractivity contribution < 1.29 is 9.72 Å². The van der Waals surface area contributed by atoms with Gasteiger partial charge in [-0.25, -0.2) is 0 Å². The van der Waals surface area contributed by atoms with Gasteiger partial charge in [0.2, 0.25) is 0 Å². The number of nitro benzene ring substituents is 1. The van der Waals surface area contributed by atoms with Gasteiger partial charge in [-0.05, 0) is 18.6 Å². The van der Waals surface area contributed by atoms with Crippen LogP contribution in [0.3, 0.4) is 0 Å². The van der Waals surface area contributed by atoms with Crippen molar-refractivity contribution >= 4 is 24.0 Å². The summed E-state index contributed by atoms with van der Waals surface area (Å²) in [6.07, 6.45) is 4.49. The number of halogens is 1. The maximum absolute atomic E-state index is 12.6. The molecule has 8 nitrogen and oxygen atoms in total. The molecule has 3 N–H and O–H groups in total. The quantitative estimate of drug-likeness (QED) is 0.538. The minimum Gasteiger partial charge on any atom is -0.348 e. The second-order valence-corrected chi connectivity index (χ2v) is 5.92. The highest BCUT2D eigenvalue weighted by molar-refractivity contribution is 6.00. The van der Waals surface area contributed by atoms with Gasteiger partial charge < -0.3 is 11.1 Å². The standard InChI is InChI=1S/C17H23N5O3.ClH/c1-3-4-5-13(10-18)19-17(23)15-11-21(2)20-16(15)12-6-8-14(9-7-12)22(24)25;/h6-9,11,13H,3-5,10,18H2,1-2H3,(H,19,23);1H. The molecule has 0 aliphatic carbocycles. The Kier molecular flexibility index (Phi) is 8.21. The number of nitrogens with two attached hydrogens (primary N) is 1. The van der Waals surface area contributed by atoms with E-state index in [2.05, 4.69) is 17.3 Å². The summed E-state index contributed by atoms with van der Waals surface area (Å²) in [6.45, 7) is 2.46. The van der Waals surface area contributed by atoms with Crippen LogP contribution in [0.2, 0.25) is 0 Å². The van der Waals surface area contributed by atoms with Crippen LogP contribution in [0.25, 0.3) is 11.3 Å². The Labute approximate surface area is 158 Å². The normalized spacial score (nSPS) is 11.5. The molecule has 1 aromatic heterocycles. The topological polar surface area (TPSA) is 116 Å². The number of aromatic nitrogens is 2. The van der Waals surface area contributed by atoms with E-state index >= 15 is 0 Å². The van der Waals surface area contributed by atoms with Crippen molar-refractivity contribution in [1.29, 1.82) is 0 Å². The maximum Gasteiger partial charge on any atom is 0.269 e. The van der Waals surface area contributed by atoms with Gasteiger partial charge in [0, 0.05) is 43.5 Å². The zero-order valence-corrected chi connectivity index (χ0v) is 15.7. The van der Waals surface area contributed by atoms with Gasteiger partial charge in [0.25, 0.3) is 11.6 Å². The van der Waals surface area contributed by atoms with E-state index in [4.69, 9.17) is 5.73 Å². The molecule has 1 aromatic carbocycles. The molecule has 1 atom stereocenters. The van der Waals surface area contributed by atoms with Crippen molar-refractivity contribution in [1.82, 2.24) is 15.1 Å². The minimum absolute atomic E-state index is 0. The first-order chi connectivity index (χ1) is 12.0. The average Bonchev–Trinajstić information content (AvgIpc) is 3.00. The van der Waals surface area contributed by atoms with Crippen LogP contribution < -0.4 is 11.1 Å². The first kappa shape index (κ1) is 21.6. The van der Waals surface area contributed by atoms with Crippen molar-refractivity contribution in [3.05, 3.63) is 46.1 Å². The van der Waals surface area contributed by atoms with Gasteiger partial charge in [0.05, 0.1) is 10.5 Å². The van der Waals surface area contributed by atoms with Crippen LogP contribution in [0, 0.1) is 10.1 Å². The summed E-state index contributed by atoms with van der Waals surface area (Å²) >= 11 is 0. The van der Waals surface area contributed by atoms with Crippen LogP contribution in [-0.2, 0) is 7.05 Å². The number of nitrogens with one attached hydrogen (secondary N) is 1. The highest BCUT2D eigenvalue weighted by atomic mass is 35.5. The number of hydrogen-bond donors (Lipinski definition) is 2. The third-order valence-corrected chi connectivity index (χ3v) is 3.95. The van der Waals surface area contributed by atoms with Crippen LogP contribution in [-0.4, -0.2) is 33.2 Å². The number of amides is 1. The average molecular weight is 382 g/mol. The number of carbonyl (C=O) groups excluding carboxylic acids is 1. The molecule has 0 saturated carbocycles. The molecular formula is C17H24ClN5O3. The second kappa shape index (κ2) is 9.88. The van der Waals surface area contributed by atoms with E-state index in [1.165, 1.54) is 12.1 Å². The molecule has 2 rings (SSSR count).